The molecule has 1 N–H and O–H groups in total. The predicted molar refractivity (Wildman–Crippen MR) is 39.3 cm³/mol. The van der Waals surface area contributed by atoms with Crippen LogP contribution in [0.25, 0.3) is 0 Å². The maximum atomic E-state index is 11.2. The van der Waals surface area contributed by atoms with Crippen LogP contribution >= 0.6 is 7.60 Å². The van der Waals surface area contributed by atoms with Crippen LogP contribution in [0.4, 0.5) is 0 Å². The van der Waals surface area contributed by atoms with Gasteiger partial charge in [0.15, 0.2) is 0 Å². The summed E-state index contributed by atoms with van der Waals surface area (Å²) in [6.45, 7) is 0. The zero-order chi connectivity index (χ0) is 8.91. The molecule has 0 aromatic heterocycles. The van der Waals surface area contributed by atoms with Crippen LogP contribution in [0.3, 0.4) is 0 Å². The predicted octanol–water partition coefficient (Wildman–Crippen LogP) is 1.48. The van der Waals surface area contributed by atoms with Crippen LogP contribution in [0.2, 0.25) is 0 Å². The van der Waals surface area contributed by atoms with Crippen molar-refractivity contribution in [1.29, 1.82) is 0 Å². The summed E-state index contributed by atoms with van der Waals surface area (Å²) in [6.07, 6.45) is 0. The van der Waals surface area contributed by atoms with Crippen molar-refractivity contribution >= 4 is 7.60 Å². The Morgan fingerprint density at radius 1 is 1.36 bits per heavy atom. The Morgan fingerprint density at radius 3 is 2.09 bits per heavy atom. The molecule has 0 fully saturated rings. The van der Waals surface area contributed by atoms with E-state index >= 15 is 0 Å². The maximum Gasteiger partial charge on any atom is 0.360 e. The minimum Gasteiger partial charge on any atom is -0.481 e. The van der Waals surface area contributed by atoms with Crippen molar-refractivity contribution in [2.45, 2.75) is 0 Å². The second-order valence-electron chi connectivity index (χ2n) is 1.58. The number of aliphatic hydroxyl groups excluding tert-OH is 1. The van der Waals surface area contributed by atoms with E-state index in [2.05, 4.69) is 13.8 Å². The quantitative estimate of drug-likeness (QED) is 0.526. The zero-order valence-electron chi connectivity index (χ0n) is 6.60. The summed E-state index contributed by atoms with van der Waals surface area (Å²) in [5.74, 6) is 0.393. The van der Waals surface area contributed by atoms with E-state index in [0.29, 0.717) is 0 Å². The molecular formula is C5H11O5P. The lowest BCUT2D eigenvalue weighted by molar-refractivity contribution is 0.135. The van der Waals surface area contributed by atoms with Gasteiger partial charge in [0.2, 0.25) is 0 Å². The number of rotatable bonds is 4. The first-order chi connectivity index (χ1) is 5.08. The van der Waals surface area contributed by atoms with Crippen molar-refractivity contribution in [3.63, 3.8) is 0 Å². The van der Waals surface area contributed by atoms with Gasteiger partial charge in [-0.05, 0) is 0 Å². The molecule has 0 aliphatic rings. The fourth-order valence-electron chi connectivity index (χ4n) is 0.368. The lowest BCUT2D eigenvalue weighted by atomic mass is 11.0. The Bertz CT molecular complexity index is 179. The molecule has 0 saturated carbocycles. The third-order valence-electron chi connectivity index (χ3n) is 0.987. The number of aliphatic hydroxyl groups is 1. The van der Waals surface area contributed by atoms with Crippen molar-refractivity contribution in [3.05, 3.63) is 11.8 Å². The van der Waals surface area contributed by atoms with Crippen molar-refractivity contribution < 1.29 is 23.5 Å². The largest absolute Gasteiger partial charge is 0.481 e. The molecule has 5 nitrogen and oxygen atoms in total. The number of methoxy groups -OCH3 is 1. The van der Waals surface area contributed by atoms with Gasteiger partial charge in [0, 0.05) is 14.2 Å². The van der Waals surface area contributed by atoms with Crippen LogP contribution in [-0.4, -0.2) is 26.4 Å². The highest BCUT2D eigenvalue weighted by Crippen LogP contribution is 2.48. The summed E-state index contributed by atoms with van der Waals surface area (Å²) in [6, 6.07) is 0. The Balaban J connectivity index is 4.42. The SMILES string of the molecule is CO/C(O)=C/P(=O)(OC)OC. The number of hydrogen-bond acceptors (Lipinski definition) is 5. The molecule has 0 saturated heterocycles. The third-order valence-corrected chi connectivity index (χ3v) is 2.54. The molecule has 0 aliphatic carbocycles. The smallest absolute Gasteiger partial charge is 0.360 e. The molecule has 0 aliphatic heterocycles. The van der Waals surface area contributed by atoms with Gasteiger partial charge in [-0.1, -0.05) is 0 Å². The van der Waals surface area contributed by atoms with Gasteiger partial charge in [-0.25, -0.2) is 0 Å². The fourth-order valence-corrected chi connectivity index (χ4v) is 1.10. The van der Waals surface area contributed by atoms with E-state index in [-0.39, 0.29) is 0 Å². The first-order valence-electron chi connectivity index (χ1n) is 2.75. The Hall–Kier alpha value is -0.510. The summed E-state index contributed by atoms with van der Waals surface area (Å²) >= 11 is 0. The first-order valence-corrected chi connectivity index (χ1v) is 4.36. The molecule has 0 rings (SSSR count). The van der Waals surface area contributed by atoms with Crippen LogP contribution < -0.4 is 0 Å². The molecule has 0 atom stereocenters. The first kappa shape index (κ1) is 10.5. The zero-order valence-corrected chi connectivity index (χ0v) is 7.50. The summed E-state index contributed by atoms with van der Waals surface area (Å²) in [7, 11) is 0.371. The average Bonchev–Trinajstić information content (AvgIpc) is 2.04. The molecule has 6 heteroatoms. The molecule has 0 aromatic carbocycles. The van der Waals surface area contributed by atoms with Crippen LogP contribution in [-0.2, 0) is 18.3 Å². The summed E-state index contributed by atoms with van der Waals surface area (Å²) in [4.78, 5) is 0. The van der Waals surface area contributed by atoms with Crippen molar-refractivity contribution in [2.24, 2.45) is 0 Å². The molecule has 0 bridgehead atoms. The van der Waals surface area contributed by atoms with Gasteiger partial charge in [0.05, 0.1) is 7.11 Å². The van der Waals surface area contributed by atoms with E-state index in [0.717, 1.165) is 5.82 Å². The van der Waals surface area contributed by atoms with Gasteiger partial charge in [-0.15, -0.1) is 0 Å². The highest BCUT2D eigenvalue weighted by atomic mass is 31.2. The fraction of sp³-hybridized carbons (Fsp3) is 0.600. The minimum atomic E-state index is -3.29. The lowest BCUT2D eigenvalue weighted by Crippen LogP contribution is -1.88. The molecular weight excluding hydrogens is 171 g/mol. The van der Waals surface area contributed by atoms with Gasteiger partial charge in [0.25, 0.3) is 5.95 Å². The molecule has 0 spiro atoms. The second kappa shape index (κ2) is 4.38. The number of hydrogen-bond donors (Lipinski definition) is 1. The van der Waals surface area contributed by atoms with E-state index in [4.69, 9.17) is 5.11 Å². The minimum absolute atomic E-state index is 0.489. The lowest BCUT2D eigenvalue weighted by Gasteiger charge is -2.08. The summed E-state index contributed by atoms with van der Waals surface area (Å²) in [5.41, 5.74) is 0. The van der Waals surface area contributed by atoms with Gasteiger partial charge in [-0.2, -0.15) is 0 Å². The Kier molecular flexibility index (Phi) is 4.18. The molecule has 0 amide bonds. The van der Waals surface area contributed by atoms with Gasteiger partial charge < -0.3 is 18.9 Å². The third kappa shape index (κ3) is 3.41. The average molecular weight is 182 g/mol. The highest BCUT2D eigenvalue weighted by Gasteiger charge is 2.18. The molecule has 11 heavy (non-hydrogen) atoms. The van der Waals surface area contributed by atoms with E-state index in [1.807, 2.05) is 0 Å². The number of ether oxygens (including phenoxy) is 1. The summed E-state index contributed by atoms with van der Waals surface area (Å²) < 4.78 is 24.4. The summed E-state index contributed by atoms with van der Waals surface area (Å²) in [5, 5.41) is 8.76. The van der Waals surface area contributed by atoms with Crippen molar-refractivity contribution in [1.82, 2.24) is 0 Å². The van der Waals surface area contributed by atoms with Crippen molar-refractivity contribution in [3.8, 4) is 0 Å². The maximum absolute atomic E-state index is 11.2. The van der Waals surface area contributed by atoms with E-state index in [9.17, 15) is 4.57 Å². The van der Waals surface area contributed by atoms with Gasteiger partial charge in [0.1, 0.15) is 5.82 Å². The monoisotopic (exact) mass is 182 g/mol. The van der Waals surface area contributed by atoms with E-state index in [1.54, 1.807) is 0 Å². The standard InChI is InChI=1S/C5H11O5P/c1-8-5(6)4-11(7,9-2)10-3/h4,6H,1-3H3/b5-4+. The highest BCUT2D eigenvalue weighted by molar-refractivity contribution is 7.57. The van der Waals surface area contributed by atoms with E-state index in [1.165, 1.54) is 21.3 Å². The van der Waals surface area contributed by atoms with Crippen molar-refractivity contribution in [2.75, 3.05) is 21.3 Å². The van der Waals surface area contributed by atoms with Crippen LogP contribution in [0.5, 0.6) is 0 Å². The van der Waals surface area contributed by atoms with Crippen LogP contribution in [0.1, 0.15) is 0 Å². The van der Waals surface area contributed by atoms with Crippen LogP contribution in [0.15, 0.2) is 11.8 Å². The molecule has 0 aromatic rings. The normalized spacial score (nSPS) is 13.2. The molecule has 0 unspecified atom stereocenters. The second-order valence-corrected chi connectivity index (χ2v) is 3.64. The molecule has 0 radical (unpaired) electrons. The van der Waals surface area contributed by atoms with Gasteiger partial charge in [-0.3, -0.25) is 4.57 Å². The van der Waals surface area contributed by atoms with E-state index < -0.39 is 13.5 Å². The molecule has 0 heterocycles. The van der Waals surface area contributed by atoms with Crippen LogP contribution in [0, 0.1) is 0 Å². The van der Waals surface area contributed by atoms with Gasteiger partial charge >= 0.3 is 7.60 Å². The Morgan fingerprint density at radius 2 is 1.82 bits per heavy atom. The topological polar surface area (TPSA) is 65.0 Å². The molecule has 66 valence electrons. The Labute approximate surface area is 65.1 Å².